The van der Waals surface area contributed by atoms with E-state index in [1.807, 2.05) is 19.1 Å². The number of amides is 2. The van der Waals surface area contributed by atoms with Crippen molar-refractivity contribution in [2.45, 2.75) is 39.2 Å². The molecule has 3 rings (SSSR count). The lowest BCUT2D eigenvalue weighted by Gasteiger charge is -2.22. The molecule has 1 aliphatic heterocycles. The fourth-order valence-electron chi connectivity index (χ4n) is 3.07. The van der Waals surface area contributed by atoms with Crippen LogP contribution in [0, 0.1) is 12.7 Å². The molecule has 1 N–H and O–H groups in total. The molecule has 1 aliphatic rings. The van der Waals surface area contributed by atoms with Crippen LogP contribution >= 0.6 is 0 Å². The molecule has 130 valence electrons. The number of rotatable bonds is 4. The fourth-order valence-corrected chi connectivity index (χ4v) is 3.07. The number of carbonyl (C=O) groups excluding carboxylic acids is 2. The van der Waals surface area contributed by atoms with Gasteiger partial charge in [0.25, 0.3) is 0 Å². The van der Waals surface area contributed by atoms with Gasteiger partial charge in [-0.05, 0) is 61.7 Å². The van der Waals surface area contributed by atoms with Gasteiger partial charge in [0.1, 0.15) is 5.82 Å². The summed E-state index contributed by atoms with van der Waals surface area (Å²) < 4.78 is 13.5. The van der Waals surface area contributed by atoms with Crippen LogP contribution in [0.3, 0.4) is 0 Å². The second-order valence-electron chi connectivity index (χ2n) is 6.51. The molecule has 0 bridgehead atoms. The van der Waals surface area contributed by atoms with Gasteiger partial charge in [-0.3, -0.25) is 9.59 Å². The molecule has 5 heteroatoms. The average molecular weight is 340 g/mol. The van der Waals surface area contributed by atoms with E-state index in [4.69, 9.17) is 0 Å². The van der Waals surface area contributed by atoms with Crippen molar-refractivity contribution in [3.63, 3.8) is 0 Å². The highest BCUT2D eigenvalue weighted by atomic mass is 19.1. The van der Waals surface area contributed by atoms with Gasteiger partial charge in [-0.15, -0.1) is 0 Å². The van der Waals surface area contributed by atoms with Crippen molar-refractivity contribution in [1.82, 2.24) is 0 Å². The minimum absolute atomic E-state index is 0.112. The summed E-state index contributed by atoms with van der Waals surface area (Å²) in [4.78, 5) is 25.8. The number of carbonyl (C=O) groups is 2. The first-order chi connectivity index (χ1) is 11.9. The predicted octanol–water partition coefficient (Wildman–Crippen LogP) is 3.83. The number of halogens is 1. The molecule has 2 aromatic carbocycles. The summed E-state index contributed by atoms with van der Waals surface area (Å²) in [6.45, 7) is 3.72. The summed E-state index contributed by atoms with van der Waals surface area (Å²) in [5.74, 6) is -0.383. The van der Waals surface area contributed by atoms with E-state index in [1.54, 1.807) is 36.1 Å². The van der Waals surface area contributed by atoms with Crippen molar-refractivity contribution in [3.05, 3.63) is 59.4 Å². The van der Waals surface area contributed by atoms with E-state index in [9.17, 15) is 14.0 Å². The normalized spacial score (nSPS) is 17.0. The quantitative estimate of drug-likeness (QED) is 0.919. The standard InChI is InChI=1S/C20H21FN2O2/c1-13-3-5-15(11-18(13)21)12-19(24)22-16-6-8-17(9-7-16)23-14(2)4-10-20(23)25/h3,5-9,11,14H,4,10,12H2,1-2H3,(H,22,24). The van der Waals surface area contributed by atoms with Gasteiger partial charge in [0, 0.05) is 23.8 Å². The fraction of sp³-hybridized carbons (Fsp3) is 0.300. The Labute approximate surface area is 146 Å². The molecular formula is C20H21FN2O2. The van der Waals surface area contributed by atoms with Gasteiger partial charge in [-0.25, -0.2) is 4.39 Å². The van der Waals surface area contributed by atoms with Crippen LogP contribution in [-0.2, 0) is 16.0 Å². The largest absolute Gasteiger partial charge is 0.326 e. The second-order valence-corrected chi connectivity index (χ2v) is 6.51. The summed E-state index contributed by atoms with van der Waals surface area (Å²) in [7, 11) is 0. The zero-order chi connectivity index (χ0) is 18.0. The summed E-state index contributed by atoms with van der Waals surface area (Å²) in [5, 5.41) is 2.80. The van der Waals surface area contributed by atoms with Crippen LogP contribution in [0.2, 0.25) is 0 Å². The van der Waals surface area contributed by atoms with Gasteiger partial charge in [0.2, 0.25) is 11.8 Å². The first-order valence-corrected chi connectivity index (χ1v) is 8.41. The number of anilines is 2. The Bertz CT molecular complexity index is 802. The summed E-state index contributed by atoms with van der Waals surface area (Å²) >= 11 is 0. The maximum Gasteiger partial charge on any atom is 0.228 e. The Morgan fingerprint density at radius 3 is 2.56 bits per heavy atom. The number of benzene rings is 2. The van der Waals surface area contributed by atoms with E-state index in [1.165, 1.54) is 6.07 Å². The Hall–Kier alpha value is -2.69. The molecule has 0 saturated carbocycles. The monoisotopic (exact) mass is 340 g/mol. The maximum atomic E-state index is 13.5. The van der Waals surface area contributed by atoms with Gasteiger partial charge in [-0.1, -0.05) is 12.1 Å². The summed E-state index contributed by atoms with van der Waals surface area (Å²) in [6, 6.07) is 12.2. The lowest BCUT2D eigenvalue weighted by atomic mass is 10.1. The number of nitrogens with one attached hydrogen (secondary N) is 1. The van der Waals surface area contributed by atoms with Crippen LogP contribution in [-0.4, -0.2) is 17.9 Å². The van der Waals surface area contributed by atoms with Gasteiger partial charge in [0.05, 0.1) is 6.42 Å². The van der Waals surface area contributed by atoms with Crippen LogP contribution in [0.15, 0.2) is 42.5 Å². The number of nitrogens with zero attached hydrogens (tertiary/aromatic N) is 1. The Morgan fingerprint density at radius 2 is 1.96 bits per heavy atom. The van der Waals surface area contributed by atoms with E-state index < -0.39 is 0 Å². The van der Waals surface area contributed by atoms with Crippen molar-refractivity contribution in [2.24, 2.45) is 0 Å². The van der Waals surface area contributed by atoms with Crippen LogP contribution in [0.4, 0.5) is 15.8 Å². The molecule has 4 nitrogen and oxygen atoms in total. The molecule has 25 heavy (non-hydrogen) atoms. The van der Waals surface area contributed by atoms with E-state index in [2.05, 4.69) is 5.32 Å². The highest BCUT2D eigenvalue weighted by molar-refractivity contribution is 5.97. The lowest BCUT2D eigenvalue weighted by molar-refractivity contribution is -0.117. The van der Waals surface area contributed by atoms with Gasteiger partial charge in [0.15, 0.2) is 0 Å². The van der Waals surface area contributed by atoms with E-state index >= 15 is 0 Å². The molecule has 0 aromatic heterocycles. The van der Waals surface area contributed by atoms with Crippen LogP contribution in [0.1, 0.15) is 30.9 Å². The average Bonchev–Trinajstić information content (AvgIpc) is 2.91. The molecule has 1 heterocycles. The molecule has 1 fully saturated rings. The highest BCUT2D eigenvalue weighted by Gasteiger charge is 2.28. The third-order valence-electron chi connectivity index (χ3n) is 4.52. The maximum absolute atomic E-state index is 13.5. The van der Waals surface area contributed by atoms with Gasteiger partial charge >= 0.3 is 0 Å². The first kappa shape index (κ1) is 17.1. The Balaban J connectivity index is 1.63. The second kappa shape index (κ2) is 7.05. The lowest BCUT2D eigenvalue weighted by Crippen LogP contribution is -2.30. The number of hydrogen-bond acceptors (Lipinski definition) is 2. The van der Waals surface area contributed by atoms with Crippen molar-refractivity contribution in [1.29, 1.82) is 0 Å². The zero-order valence-corrected chi connectivity index (χ0v) is 14.4. The summed E-state index contributed by atoms with van der Waals surface area (Å²) in [5.41, 5.74) is 2.69. The molecule has 1 atom stereocenters. The van der Waals surface area contributed by atoms with Crippen molar-refractivity contribution in [2.75, 3.05) is 10.2 Å². The van der Waals surface area contributed by atoms with Crippen LogP contribution < -0.4 is 10.2 Å². The molecule has 1 saturated heterocycles. The van der Waals surface area contributed by atoms with Crippen LogP contribution in [0.5, 0.6) is 0 Å². The van der Waals surface area contributed by atoms with Gasteiger partial charge < -0.3 is 10.2 Å². The molecule has 0 spiro atoms. The molecule has 0 radical (unpaired) electrons. The minimum Gasteiger partial charge on any atom is -0.326 e. The Morgan fingerprint density at radius 1 is 1.24 bits per heavy atom. The molecule has 0 aliphatic carbocycles. The number of hydrogen-bond donors (Lipinski definition) is 1. The first-order valence-electron chi connectivity index (χ1n) is 8.41. The minimum atomic E-state index is -0.306. The SMILES string of the molecule is Cc1ccc(CC(=O)Nc2ccc(N3C(=O)CCC3C)cc2)cc1F. The third-order valence-corrected chi connectivity index (χ3v) is 4.52. The highest BCUT2D eigenvalue weighted by Crippen LogP contribution is 2.27. The molecular weight excluding hydrogens is 319 g/mol. The molecule has 2 aromatic rings. The van der Waals surface area contributed by atoms with Crippen molar-refractivity contribution in [3.8, 4) is 0 Å². The molecule has 2 amide bonds. The molecule has 1 unspecified atom stereocenters. The van der Waals surface area contributed by atoms with Crippen molar-refractivity contribution < 1.29 is 14.0 Å². The topological polar surface area (TPSA) is 49.4 Å². The third kappa shape index (κ3) is 3.87. The predicted molar refractivity (Wildman–Crippen MR) is 96.1 cm³/mol. The van der Waals surface area contributed by atoms with Gasteiger partial charge in [-0.2, -0.15) is 0 Å². The smallest absolute Gasteiger partial charge is 0.228 e. The number of aryl methyl sites for hydroxylation is 1. The van der Waals surface area contributed by atoms with E-state index in [0.29, 0.717) is 23.2 Å². The zero-order valence-electron chi connectivity index (χ0n) is 14.4. The summed E-state index contributed by atoms with van der Waals surface area (Å²) in [6.07, 6.45) is 1.55. The van der Waals surface area contributed by atoms with E-state index in [-0.39, 0.29) is 30.1 Å². The Kier molecular flexibility index (Phi) is 4.83. The van der Waals surface area contributed by atoms with E-state index in [0.717, 1.165) is 12.1 Å². The van der Waals surface area contributed by atoms with Crippen LogP contribution in [0.25, 0.3) is 0 Å². The van der Waals surface area contributed by atoms with Crippen molar-refractivity contribution >= 4 is 23.2 Å².